The number of anilines is 1. The molecule has 0 amide bonds. The van der Waals surface area contributed by atoms with Crippen molar-refractivity contribution in [3.05, 3.63) is 58.4 Å². The first-order valence-corrected chi connectivity index (χ1v) is 6.75. The third-order valence-electron chi connectivity index (χ3n) is 3.23. The summed E-state index contributed by atoms with van der Waals surface area (Å²) in [7, 11) is 1.64. The number of rotatable bonds is 4. The van der Waals surface area contributed by atoms with Gasteiger partial charge in [-0.2, -0.15) is 0 Å². The Kier molecular flexibility index (Phi) is 4.50. The second-order valence-corrected chi connectivity index (χ2v) is 5.12. The molecule has 0 fully saturated rings. The molecule has 2 rings (SSSR count). The molecule has 4 heteroatoms. The van der Waals surface area contributed by atoms with E-state index in [4.69, 9.17) is 16.3 Å². The SMILES string of the molecule is COc1ccc(NC(C)c2ccc(F)cc2Cl)c(C)c1. The van der Waals surface area contributed by atoms with Crippen LogP contribution in [0.25, 0.3) is 0 Å². The lowest BCUT2D eigenvalue weighted by Gasteiger charge is -2.19. The van der Waals surface area contributed by atoms with Crippen LogP contribution in [-0.4, -0.2) is 7.11 Å². The van der Waals surface area contributed by atoms with Gasteiger partial charge in [0.15, 0.2) is 0 Å². The molecular weight excluding hydrogens is 277 g/mol. The molecule has 1 atom stereocenters. The van der Waals surface area contributed by atoms with Gasteiger partial charge in [0, 0.05) is 10.7 Å². The van der Waals surface area contributed by atoms with E-state index in [-0.39, 0.29) is 11.9 Å². The van der Waals surface area contributed by atoms with Gasteiger partial charge in [-0.25, -0.2) is 4.39 Å². The smallest absolute Gasteiger partial charge is 0.124 e. The number of halogens is 2. The Balaban J connectivity index is 2.21. The van der Waals surface area contributed by atoms with Crippen molar-refractivity contribution in [2.45, 2.75) is 19.9 Å². The summed E-state index contributed by atoms with van der Waals surface area (Å²) in [6, 6.07) is 10.2. The molecule has 1 unspecified atom stereocenters. The van der Waals surface area contributed by atoms with E-state index >= 15 is 0 Å². The number of ether oxygens (including phenoxy) is 1. The molecule has 0 aliphatic rings. The van der Waals surface area contributed by atoms with E-state index in [1.165, 1.54) is 12.1 Å². The first-order valence-electron chi connectivity index (χ1n) is 6.37. The van der Waals surface area contributed by atoms with Gasteiger partial charge >= 0.3 is 0 Å². The maximum absolute atomic E-state index is 13.1. The summed E-state index contributed by atoms with van der Waals surface area (Å²) in [6.45, 7) is 3.99. The minimum atomic E-state index is -0.327. The predicted molar refractivity (Wildman–Crippen MR) is 81.2 cm³/mol. The van der Waals surface area contributed by atoms with Crippen LogP contribution < -0.4 is 10.1 Å². The van der Waals surface area contributed by atoms with Crippen LogP contribution in [0.1, 0.15) is 24.1 Å². The van der Waals surface area contributed by atoms with E-state index in [0.717, 1.165) is 22.6 Å². The highest BCUT2D eigenvalue weighted by atomic mass is 35.5. The molecule has 2 aromatic rings. The predicted octanol–water partition coefficient (Wildman–Crippen LogP) is 4.97. The molecule has 0 radical (unpaired) electrons. The van der Waals surface area contributed by atoms with Crippen LogP contribution >= 0.6 is 11.6 Å². The monoisotopic (exact) mass is 293 g/mol. The molecule has 1 N–H and O–H groups in total. The molecule has 2 aromatic carbocycles. The second-order valence-electron chi connectivity index (χ2n) is 4.71. The summed E-state index contributed by atoms with van der Waals surface area (Å²) in [5.74, 6) is 0.493. The van der Waals surface area contributed by atoms with Gasteiger partial charge in [0.25, 0.3) is 0 Å². The van der Waals surface area contributed by atoms with Crippen LogP contribution in [0.15, 0.2) is 36.4 Å². The summed E-state index contributed by atoms with van der Waals surface area (Å²) >= 11 is 6.08. The highest BCUT2D eigenvalue weighted by molar-refractivity contribution is 6.31. The van der Waals surface area contributed by atoms with Gasteiger partial charge in [0.1, 0.15) is 11.6 Å². The highest BCUT2D eigenvalue weighted by Crippen LogP contribution is 2.29. The Bertz CT molecular complexity index is 615. The Morgan fingerprint density at radius 3 is 2.55 bits per heavy atom. The van der Waals surface area contributed by atoms with Crippen molar-refractivity contribution in [2.75, 3.05) is 12.4 Å². The number of aryl methyl sites for hydroxylation is 1. The second kappa shape index (κ2) is 6.14. The zero-order valence-corrected chi connectivity index (χ0v) is 12.5. The maximum Gasteiger partial charge on any atom is 0.124 e. The number of nitrogens with one attached hydrogen (secondary N) is 1. The Hall–Kier alpha value is -1.74. The van der Waals surface area contributed by atoms with E-state index in [1.54, 1.807) is 13.2 Å². The Morgan fingerprint density at radius 1 is 1.20 bits per heavy atom. The van der Waals surface area contributed by atoms with Crippen molar-refractivity contribution in [3.8, 4) is 5.75 Å². The van der Waals surface area contributed by atoms with Gasteiger partial charge in [0.2, 0.25) is 0 Å². The lowest BCUT2D eigenvalue weighted by molar-refractivity contribution is 0.414. The average Bonchev–Trinajstić information content (AvgIpc) is 2.40. The van der Waals surface area contributed by atoms with Gasteiger partial charge in [-0.1, -0.05) is 17.7 Å². The molecule has 0 aliphatic heterocycles. The minimum Gasteiger partial charge on any atom is -0.497 e. The van der Waals surface area contributed by atoms with Crippen molar-refractivity contribution < 1.29 is 9.13 Å². The van der Waals surface area contributed by atoms with Crippen molar-refractivity contribution in [2.24, 2.45) is 0 Å². The molecule has 0 saturated heterocycles. The molecule has 0 bridgehead atoms. The van der Waals surface area contributed by atoms with E-state index in [2.05, 4.69) is 5.32 Å². The number of hydrogen-bond acceptors (Lipinski definition) is 2. The molecule has 0 saturated carbocycles. The number of hydrogen-bond donors (Lipinski definition) is 1. The van der Waals surface area contributed by atoms with Crippen LogP contribution in [0.4, 0.5) is 10.1 Å². The van der Waals surface area contributed by atoms with Crippen molar-refractivity contribution in [1.29, 1.82) is 0 Å². The van der Waals surface area contributed by atoms with Crippen LogP contribution in [0, 0.1) is 12.7 Å². The zero-order valence-electron chi connectivity index (χ0n) is 11.7. The molecule has 0 aromatic heterocycles. The summed E-state index contributed by atoms with van der Waals surface area (Å²) in [5, 5.41) is 3.80. The topological polar surface area (TPSA) is 21.3 Å². The Labute approximate surface area is 123 Å². The standard InChI is InChI=1S/C16H17ClFNO/c1-10-8-13(20-3)5-7-16(10)19-11(2)14-6-4-12(18)9-15(14)17/h4-9,11,19H,1-3H3. The van der Waals surface area contributed by atoms with E-state index < -0.39 is 0 Å². The molecular formula is C16H17ClFNO. The van der Waals surface area contributed by atoms with Crippen molar-refractivity contribution in [1.82, 2.24) is 0 Å². The normalized spacial score (nSPS) is 12.1. The molecule has 106 valence electrons. The Morgan fingerprint density at radius 2 is 1.95 bits per heavy atom. The maximum atomic E-state index is 13.1. The van der Waals surface area contributed by atoms with Gasteiger partial charge in [-0.05, 0) is 55.3 Å². The van der Waals surface area contributed by atoms with E-state index in [1.807, 2.05) is 32.0 Å². The van der Waals surface area contributed by atoms with Crippen LogP contribution in [0.5, 0.6) is 5.75 Å². The first kappa shape index (κ1) is 14.7. The van der Waals surface area contributed by atoms with Crippen LogP contribution in [-0.2, 0) is 0 Å². The molecule has 0 spiro atoms. The van der Waals surface area contributed by atoms with Crippen molar-refractivity contribution in [3.63, 3.8) is 0 Å². The van der Waals surface area contributed by atoms with E-state index in [9.17, 15) is 4.39 Å². The van der Waals surface area contributed by atoms with Gasteiger partial charge < -0.3 is 10.1 Å². The fraction of sp³-hybridized carbons (Fsp3) is 0.250. The summed E-state index contributed by atoms with van der Waals surface area (Å²) in [4.78, 5) is 0. The fourth-order valence-corrected chi connectivity index (χ4v) is 2.42. The van der Waals surface area contributed by atoms with Gasteiger partial charge in [-0.3, -0.25) is 0 Å². The molecule has 20 heavy (non-hydrogen) atoms. The van der Waals surface area contributed by atoms with Crippen LogP contribution in [0.2, 0.25) is 5.02 Å². The van der Waals surface area contributed by atoms with Gasteiger partial charge in [-0.15, -0.1) is 0 Å². The summed E-state index contributed by atoms with van der Waals surface area (Å²) < 4.78 is 18.2. The fourth-order valence-electron chi connectivity index (χ4n) is 2.09. The van der Waals surface area contributed by atoms with Gasteiger partial charge in [0.05, 0.1) is 13.2 Å². The summed E-state index contributed by atoms with van der Waals surface area (Å²) in [6.07, 6.45) is 0. The third kappa shape index (κ3) is 3.23. The van der Waals surface area contributed by atoms with Crippen molar-refractivity contribution >= 4 is 17.3 Å². The third-order valence-corrected chi connectivity index (χ3v) is 3.56. The van der Waals surface area contributed by atoms with Crippen LogP contribution in [0.3, 0.4) is 0 Å². The molecule has 0 aliphatic carbocycles. The number of methoxy groups -OCH3 is 1. The lowest BCUT2D eigenvalue weighted by atomic mass is 10.1. The quantitative estimate of drug-likeness (QED) is 0.859. The average molecular weight is 294 g/mol. The largest absolute Gasteiger partial charge is 0.497 e. The molecule has 0 heterocycles. The number of benzene rings is 2. The zero-order chi connectivity index (χ0) is 14.7. The highest BCUT2D eigenvalue weighted by Gasteiger charge is 2.11. The molecule has 2 nitrogen and oxygen atoms in total. The summed E-state index contributed by atoms with van der Waals surface area (Å²) in [5.41, 5.74) is 2.94. The van der Waals surface area contributed by atoms with E-state index in [0.29, 0.717) is 5.02 Å². The minimum absolute atomic E-state index is 0.0183. The lowest BCUT2D eigenvalue weighted by Crippen LogP contribution is -2.08. The first-order chi connectivity index (χ1) is 9.51.